The molecule has 0 atom stereocenters. The molecule has 0 N–H and O–H groups in total. The smallest absolute Gasteiger partial charge is 0.0494 e. The van der Waals surface area contributed by atoms with E-state index in [0.29, 0.717) is 11.8 Å². The summed E-state index contributed by atoms with van der Waals surface area (Å²) in [7, 11) is 0. The maximum atomic E-state index is 2.56. The van der Waals surface area contributed by atoms with Crippen molar-refractivity contribution >= 4 is 34.1 Å². The van der Waals surface area contributed by atoms with E-state index in [-0.39, 0.29) is 0 Å². The number of aryl methyl sites for hydroxylation is 2. The molecule has 6 heterocycles. The van der Waals surface area contributed by atoms with E-state index >= 15 is 0 Å². The lowest BCUT2D eigenvalue weighted by Crippen LogP contribution is -2.26. The molecule has 4 bridgehead atoms. The van der Waals surface area contributed by atoms with E-state index in [1.165, 1.54) is 97.9 Å². The number of hydrogen-bond donors (Lipinski definition) is 0. The van der Waals surface area contributed by atoms with E-state index in [9.17, 15) is 0 Å². The van der Waals surface area contributed by atoms with Crippen LogP contribution in [-0.2, 0) is 51.4 Å². The van der Waals surface area contributed by atoms with Crippen molar-refractivity contribution in [2.75, 3.05) is 9.80 Å². The van der Waals surface area contributed by atoms with Crippen LogP contribution >= 0.6 is 0 Å². The Bertz CT molecular complexity index is 1990. The molecule has 0 aromatic heterocycles. The van der Waals surface area contributed by atoms with Gasteiger partial charge in [0.15, 0.2) is 0 Å². The summed E-state index contributed by atoms with van der Waals surface area (Å²) in [6, 6.07) is 51.1. The fourth-order valence-corrected chi connectivity index (χ4v) is 9.87. The number of benzene rings is 6. The number of nitrogens with zero attached hydrogens (tertiary/aromatic N) is 2. The Hall–Kier alpha value is -5.08. The van der Waals surface area contributed by atoms with Gasteiger partial charge in [-0.3, -0.25) is 0 Å². The summed E-state index contributed by atoms with van der Waals surface area (Å²) in [5.41, 5.74) is 20.1. The molecule has 6 aliphatic rings. The van der Waals surface area contributed by atoms with Crippen LogP contribution in [0.15, 0.2) is 133 Å². The second-order valence-electron chi connectivity index (χ2n) is 15.6. The molecule has 0 radical (unpaired) electrons. The van der Waals surface area contributed by atoms with Crippen molar-refractivity contribution in [3.05, 3.63) is 178 Å². The normalized spacial score (nSPS) is 15.9. The van der Waals surface area contributed by atoms with E-state index in [1.54, 1.807) is 0 Å². The van der Waals surface area contributed by atoms with Crippen LogP contribution in [-0.4, -0.2) is 0 Å². The van der Waals surface area contributed by atoms with E-state index in [2.05, 4.69) is 143 Å². The standard InChI is InChI=1S/C49H46N2/c1(2-12-34-22-24-48-42(26-34)32-36-28-38-14-4-8-18-44(38)50(48)45-19-9-5-15-39(45)29-36)3-13-35-23-25-49-43(27-35)33-37-30-40-16-6-10-20-46(40)51(49)47-21-11-7-17-41(47)31-37/h4-11,14-27,36-37H,1-3,12-13,28-33H2. The topological polar surface area (TPSA) is 6.48 Å². The van der Waals surface area contributed by atoms with E-state index in [0.717, 1.165) is 51.4 Å². The Morgan fingerprint density at radius 2 is 0.647 bits per heavy atom. The summed E-state index contributed by atoms with van der Waals surface area (Å²) in [5, 5.41) is 0. The first-order valence-corrected chi connectivity index (χ1v) is 19.4. The summed E-state index contributed by atoms with van der Waals surface area (Å²) >= 11 is 0. The molecular weight excluding hydrogens is 617 g/mol. The Balaban J connectivity index is 0.847. The molecule has 0 saturated carbocycles. The van der Waals surface area contributed by atoms with Crippen LogP contribution in [0.1, 0.15) is 63.8 Å². The molecule has 6 aliphatic heterocycles. The minimum Gasteiger partial charge on any atom is -0.310 e. The quantitative estimate of drug-likeness (QED) is 0.164. The van der Waals surface area contributed by atoms with Gasteiger partial charge in [-0.2, -0.15) is 0 Å². The molecular formula is C49H46N2. The van der Waals surface area contributed by atoms with E-state index in [4.69, 9.17) is 0 Å². The highest BCUT2D eigenvalue weighted by atomic mass is 15.2. The summed E-state index contributed by atoms with van der Waals surface area (Å²) in [6.07, 6.45) is 12.9. The zero-order valence-corrected chi connectivity index (χ0v) is 29.5. The van der Waals surface area contributed by atoms with E-state index in [1.807, 2.05) is 0 Å². The average Bonchev–Trinajstić information content (AvgIpc) is 3.12. The van der Waals surface area contributed by atoms with Gasteiger partial charge >= 0.3 is 0 Å². The molecule has 0 unspecified atom stereocenters. The van der Waals surface area contributed by atoms with Crippen molar-refractivity contribution in [2.45, 2.75) is 70.6 Å². The van der Waals surface area contributed by atoms with Crippen LogP contribution in [0.5, 0.6) is 0 Å². The van der Waals surface area contributed by atoms with Crippen LogP contribution < -0.4 is 9.80 Å². The molecule has 6 aromatic rings. The van der Waals surface area contributed by atoms with Gasteiger partial charge in [-0.25, -0.2) is 0 Å². The maximum Gasteiger partial charge on any atom is 0.0494 e. The number of unbranched alkanes of at least 4 members (excludes halogenated alkanes) is 2. The second kappa shape index (κ2) is 12.9. The van der Waals surface area contributed by atoms with Crippen molar-refractivity contribution < 1.29 is 0 Å². The largest absolute Gasteiger partial charge is 0.310 e. The van der Waals surface area contributed by atoms with Gasteiger partial charge in [0.1, 0.15) is 0 Å². The lowest BCUT2D eigenvalue weighted by atomic mass is 9.81. The summed E-state index contributed by atoms with van der Waals surface area (Å²) in [5.74, 6) is 1.24. The van der Waals surface area contributed by atoms with Gasteiger partial charge in [-0.05, 0) is 157 Å². The maximum absolute atomic E-state index is 2.56. The van der Waals surface area contributed by atoms with E-state index < -0.39 is 0 Å². The van der Waals surface area contributed by atoms with Gasteiger partial charge in [0.05, 0.1) is 0 Å². The molecule has 252 valence electrons. The number of anilines is 6. The Kier molecular flexibility index (Phi) is 7.78. The summed E-state index contributed by atoms with van der Waals surface area (Å²) in [4.78, 5) is 5.12. The fraction of sp³-hybridized carbons (Fsp3) is 0.265. The van der Waals surface area contributed by atoms with Crippen molar-refractivity contribution in [3.63, 3.8) is 0 Å². The Labute approximate surface area is 303 Å². The molecule has 6 aromatic carbocycles. The molecule has 2 nitrogen and oxygen atoms in total. The van der Waals surface area contributed by atoms with Crippen molar-refractivity contribution in [1.82, 2.24) is 0 Å². The Morgan fingerprint density at radius 3 is 1.02 bits per heavy atom. The van der Waals surface area contributed by atoms with Gasteiger partial charge in [-0.15, -0.1) is 0 Å². The molecule has 0 amide bonds. The number of hydrogen-bond acceptors (Lipinski definition) is 2. The first-order valence-electron chi connectivity index (χ1n) is 19.4. The highest BCUT2D eigenvalue weighted by Crippen LogP contribution is 2.48. The first kappa shape index (κ1) is 30.7. The third-order valence-corrected chi connectivity index (χ3v) is 12.2. The average molecular weight is 663 g/mol. The third kappa shape index (κ3) is 5.66. The lowest BCUT2D eigenvalue weighted by Gasteiger charge is -2.38. The lowest BCUT2D eigenvalue weighted by molar-refractivity contribution is 0.511. The third-order valence-electron chi connectivity index (χ3n) is 12.2. The van der Waals surface area contributed by atoms with Crippen molar-refractivity contribution in [3.8, 4) is 0 Å². The zero-order chi connectivity index (χ0) is 33.7. The monoisotopic (exact) mass is 662 g/mol. The molecule has 2 heteroatoms. The molecule has 0 fully saturated rings. The predicted octanol–water partition coefficient (Wildman–Crippen LogP) is 12.1. The fourth-order valence-electron chi connectivity index (χ4n) is 9.87. The predicted molar refractivity (Wildman–Crippen MR) is 213 cm³/mol. The minimum absolute atomic E-state index is 0.620. The molecule has 0 saturated heterocycles. The molecule has 0 aliphatic carbocycles. The number of rotatable bonds is 6. The van der Waals surface area contributed by atoms with Crippen LogP contribution in [0, 0.1) is 11.8 Å². The second-order valence-corrected chi connectivity index (χ2v) is 15.6. The van der Waals surface area contributed by atoms with Gasteiger partial charge in [0.25, 0.3) is 0 Å². The molecule has 12 rings (SSSR count). The number of para-hydroxylation sites is 4. The van der Waals surface area contributed by atoms with Crippen LogP contribution in [0.4, 0.5) is 34.1 Å². The Morgan fingerprint density at radius 1 is 0.333 bits per heavy atom. The highest BCUT2D eigenvalue weighted by molar-refractivity contribution is 5.84. The summed E-state index contributed by atoms with van der Waals surface area (Å²) < 4.78 is 0. The highest BCUT2D eigenvalue weighted by Gasteiger charge is 2.31. The molecule has 51 heavy (non-hydrogen) atoms. The van der Waals surface area contributed by atoms with Crippen molar-refractivity contribution in [2.24, 2.45) is 11.8 Å². The van der Waals surface area contributed by atoms with Crippen LogP contribution in [0.25, 0.3) is 0 Å². The van der Waals surface area contributed by atoms with Crippen LogP contribution in [0.2, 0.25) is 0 Å². The minimum atomic E-state index is 0.620. The van der Waals surface area contributed by atoms with Gasteiger partial charge < -0.3 is 9.80 Å². The van der Waals surface area contributed by atoms with Crippen LogP contribution in [0.3, 0.4) is 0 Å². The zero-order valence-electron chi connectivity index (χ0n) is 29.5. The first-order chi connectivity index (χ1) is 25.2. The molecule has 0 spiro atoms. The van der Waals surface area contributed by atoms with Gasteiger partial charge in [0, 0.05) is 34.1 Å². The SMILES string of the molecule is c1ccc2c(c1)CC1Cc3ccccc3N2c2ccc(CCCCCc3ccc4c(c3)CC3Cc5ccccc5N4c4ccccc4C3)cc2C1. The van der Waals surface area contributed by atoms with Gasteiger partial charge in [0.2, 0.25) is 0 Å². The summed E-state index contributed by atoms with van der Waals surface area (Å²) in [6.45, 7) is 0. The van der Waals surface area contributed by atoms with Gasteiger partial charge in [-0.1, -0.05) is 103 Å². The van der Waals surface area contributed by atoms with Crippen molar-refractivity contribution in [1.29, 1.82) is 0 Å².